The molecule has 37 heavy (non-hydrogen) atoms. The zero-order chi connectivity index (χ0) is 25.7. The molecular formula is C31H39N3O3. The Kier molecular flexibility index (Phi) is 7.82. The lowest BCUT2D eigenvalue weighted by molar-refractivity contribution is -0.127. The maximum absolute atomic E-state index is 13.6. The van der Waals surface area contributed by atoms with Crippen molar-refractivity contribution in [1.29, 1.82) is 0 Å². The molecule has 2 fully saturated rings. The summed E-state index contributed by atoms with van der Waals surface area (Å²) in [5.74, 6) is 0.914. The molecule has 6 heteroatoms. The minimum Gasteiger partial charge on any atom is -0.446 e. The zero-order valence-electron chi connectivity index (χ0n) is 21.8. The first-order valence-electron chi connectivity index (χ1n) is 13.9. The van der Waals surface area contributed by atoms with Crippen LogP contribution in [0.5, 0.6) is 0 Å². The highest BCUT2D eigenvalue weighted by molar-refractivity contribution is 5.91. The summed E-state index contributed by atoms with van der Waals surface area (Å²) in [5.41, 5.74) is 2.01. The lowest BCUT2D eigenvalue weighted by Gasteiger charge is -2.41. The SMILES string of the molecule is CC(Cc1c[nH]c2ccccc12)(NC(=O)OC1CCC[C@H]2CCCC[C@@H]12)C(=O)NCCc1ccccc1. The summed E-state index contributed by atoms with van der Waals surface area (Å²) < 4.78 is 6.05. The van der Waals surface area contributed by atoms with E-state index in [-0.39, 0.29) is 12.0 Å². The molecule has 2 unspecified atom stereocenters. The number of aromatic amines is 1. The third kappa shape index (κ3) is 6.00. The third-order valence-corrected chi connectivity index (χ3v) is 8.41. The minimum atomic E-state index is -1.15. The Balaban J connectivity index is 1.30. The van der Waals surface area contributed by atoms with Gasteiger partial charge in [0.25, 0.3) is 0 Å². The van der Waals surface area contributed by atoms with Crippen molar-refractivity contribution < 1.29 is 14.3 Å². The summed E-state index contributed by atoms with van der Waals surface area (Å²) >= 11 is 0. The van der Waals surface area contributed by atoms with E-state index in [1.807, 2.05) is 48.7 Å². The summed E-state index contributed by atoms with van der Waals surface area (Å²) in [5, 5.41) is 7.12. The number of aromatic nitrogens is 1. The molecule has 5 rings (SSSR count). The van der Waals surface area contributed by atoms with Gasteiger partial charge in [-0.2, -0.15) is 0 Å². The molecule has 0 spiro atoms. The molecule has 6 nitrogen and oxygen atoms in total. The van der Waals surface area contributed by atoms with E-state index in [1.54, 1.807) is 6.92 Å². The Bertz CT molecular complexity index is 1200. The topological polar surface area (TPSA) is 83.2 Å². The summed E-state index contributed by atoms with van der Waals surface area (Å²) in [7, 11) is 0. The molecule has 0 saturated heterocycles. The lowest BCUT2D eigenvalue weighted by Crippen LogP contribution is -2.59. The first-order valence-corrected chi connectivity index (χ1v) is 13.9. The Hall–Kier alpha value is -3.28. The fraction of sp³-hybridized carbons (Fsp3) is 0.484. The number of carbonyl (C=O) groups is 2. The van der Waals surface area contributed by atoms with Crippen LogP contribution in [0.1, 0.15) is 63.0 Å². The predicted octanol–water partition coefficient (Wildman–Crippen LogP) is 5.91. The lowest BCUT2D eigenvalue weighted by atomic mass is 9.69. The molecule has 0 aliphatic heterocycles. The number of hydrogen-bond donors (Lipinski definition) is 3. The molecule has 2 saturated carbocycles. The van der Waals surface area contributed by atoms with Crippen LogP contribution in [-0.2, 0) is 22.4 Å². The van der Waals surface area contributed by atoms with Crippen LogP contribution >= 0.6 is 0 Å². The van der Waals surface area contributed by atoms with E-state index in [0.717, 1.165) is 47.7 Å². The summed E-state index contributed by atoms with van der Waals surface area (Å²) in [6.45, 7) is 2.30. The standard InChI is InChI=1S/C31H39N3O3/c1-31(20-24-21-33-27-16-8-7-14-25(24)27,29(35)32-19-18-22-10-3-2-4-11-22)34-30(36)37-28-17-9-13-23-12-5-6-15-26(23)28/h2-4,7-8,10-11,14,16,21,23,26,28,33H,5-6,9,12-13,15,17-20H2,1H3,(H,32,35)(H,34,36)/t23-,26-,28?,31?/m1/s1. The van der Waals surface area contributed by atoms with Crippen molar-refractivity contribution >= 4 is 22.9 Å². The number of fused-ring (bicyclic) bond motifs is 2. The quantitative estimate of drug-likeness (QED) is 0.359. The van der Waals surface area contributed by atoms with Crippen LogP contribution in [-0.4, -0.2) is 35.2 Å². The Morgan fingerprint density at radius 3 is 2.59 bits per heavy atom. The van der Waals surface area contributed by atoms with E-state index >= 15 is 0 Å². The summed E-state index contributed by atoms with van der Waals surface area (Å²) in [6.07, 6.45) is 10.6. The molecule has 196 valence electrons. The highest BCUT2D eigenvalue weighted by Crippen LogP contribution is 2.41. The van der Waals surface area contributed by atoms with Gasteiger partial charge in [-0.05, 0) is 68.1 Å². The Morgan fingerprint density at radius 2 is 1.73 bits per heavy atom. The smallest absolute Gasteiger partial charge is 0.408 e. The van der Waals surface area contributed by atoms with Crippen molar-refractivity contribution in [2.24, 2.45) is 11.8 Å². The molecule has 1 heterocycles. The number of H-pyrrole nitrogens is 1. The number of benzene rings is 2. The number of para-hydroxylation sites is 1. The van der Waals surface area contributed by atoms with Gasteiger partial charge in [0.05, 0.1) is 0 Å². The van der Waals surface area contributed by atoms with E-state index in [0.29, 0.717) is 24.8 Å². The average Bonchev–Trinajstić information content (AvgIpc) is 3.31. The van der Waals surface area contributed by atoms with E-state index in [9.17, 15) is 9.59 Å². The molecule has 2 aromatic carbocycles. The summed E-state index contributed by atoms with van der Waals surface area (Å²) in [4.78, 5) is 30.1. The van der Waals surface area contributed by atoms with Crippen LogP contribution in [0.3, 0.4) is 0 Å². The van der Waals surface area contributed by atoms with Crippen molar-refractivity contribution in [1.82, 2.24) is 15.6 Å². The molecule has 2 aliphatic carbocycles. The van der Waals surface area contributed by atoms with Crippen LogP contribution in [0.15, 0.2) is 60.8 Å². The maximum atomic E-state index is 13.6. The van der Waals surface area contributed by atoms with Gasteiger partial charge in [-0.25, -0.2) is 4.79 Å². The van der Waals surface area contributed by atoms with Crippen molar-refractivity contribution in [2.45, 2.75) is 76.4 Å². The number of ether oxygens (including phenoxy) is 1. The van der Waals surface area contributed by atoms with Crippen molar-refractivity contribution in [3.05, 3.63) is 71.9 Å². The van der Waals surface area contributed by atoms with Crippen molar-refractivity contribution in [3.8, 4) is 0 Å². The van der Waals surface area contributed by atoms with Crippen molar-refractivity contribution in [3.63, 3.8) is 0 Å². The predicted molar refractivity (Wildman–Crippen MR) is 146 cm³/mol. The Morgan fingerprint density at radius 1 is 0.973 bits per heavy atom. The molecule has 3 aromatic rings. The van der Waals surface area contributed by atoms with E-state index in [2.05, 4.69) is 27.8 Å². The van der Waals surface area contributed by atoms with Gasteiger partial charge in [0.15, 0.2) is 0 Å². The molecular weight excluding hydrogens is 462 g/mol. The minimum absolute atomic E-state index is 0.0578. The van der Waals surface area contributed by atoms with Gasteiger partial charge in [0.1, 0.15) is 11.6 Å². The van der Waals surface area contributed by atoms with E-state index in [1.165, 1.54) is 25.7 Å². The highest BCUT2D eigenvalue weighted by atomic mass is 16.6. The van der Waals surface area contributed by atoms with Gasteiger partial charge in [-0.1, -0.05) is 67.8 Å². The van der Waals surface area contributed by atoms with Gasteiger partial charge in [0, 0.05) is 30.1 Å². The molecule has 1 aromatic heterocycles. The van der Waals surface area contributed by atoms with Gasteiger partial charge in [0.2, 0.25) is 5.91 Å². The molecule has 2 aliphatic rings. The number of hydrogen-bond acceptors (Lipinski definition) is 3. The normalized spacial score (nSPS) is 23.0. The first kappa shape index (κ1) is 25.4. The number of nitrogens with one attached hydrogen (secondary N) is 3. The number of alkyl carbamates (subject to hydrolysis) is 1. The molecule has 3 N–H and O–H groups in total. The third-order valence-electron chi connectivity index (χ3n) is 8.41. The second-order valence-corrected chi connectivity index (χ2v) is 11.1. The maximum Gasteiger partial charge on any atom is 0.408 e. The molecule has 4 atom stereocenters. The van der Waals surface area contributed by atoms with Crippen molar-refractivity contribution in [2.75, 3.05) is 6.54 Å². The van der Waals surface area contributed by atoms with Crippen LogP contribution in [0.25, 0.3) is 10.9 Å². The largest absolute Gasteiger partial charge is 0.446 e. The summed E-state index contributed by atoms with van der Waals surface area (Å²) in [6, 6.07) is 18.1. The van der Waals surface area contributed by atoms with Crippen LogP contribution in [0.4, 0.5) is 4.79 Å². The van der Waals surface area contributed by atoms with Crippen LogP contribution in [0, 0.1) is 11.8 Å². The van der Waals surface area contributed by atoms with Gasteiger partial charge >= 0.3 is 6.09 Å². The average molecular weight is 502 g/mol. The fourth-order valence-electron chi connectivity index (χ4n) is 6.42. The second-order valence-electron chi connectivity index (χ2n) is 11.1. The molecule has 0 radical (unpaired) electrons. The molecule has 0 bridgehead atoms. The number of carbonyl (C=O) groups excluding carboxylic acids is 2. The highest BCUT2D eigenvalue weighted by Gasteiger charge is 2.40. The Labute approximate surface area is 219 Å². The monoisotopic (exact) mass is 501 g/mol. The number of amides is 2. The van der Waals surface area contributed by atoms with Crippen LogP contribution in [0.2, 0.25) is 0 Å². The van der Waals surface area contributed by atoms with Gasteiger partial charge < -0.3 is 20.4 Å². The van der Waals surface area contributed by atoms with E-state index in [4.69, 9.17) is 4.74 Å². The van der Waals surface area contributed by atoms with E-state index < -0.39 is 11.6 Å². The molecule has 2 amide bonds. The van der Waals surface area contributed by atoms with Gasteiger partial charge in [-0.15, -0.1) is 0 Å². The van der Waals surface area contributed by atoms with Gasteiger partial charge in [-0.3, -0.25) is 4.79 Å². The zero-order valence-corrected chi connectivity index (χ0v) is 21.8. The fourth-order valence-corrected chi connectivity index (χ4v) is 6.42. The first-order chi connectivity index (χ1) is 18.0. The second kappa shape index (κ2) is 11.4. The number of rotatable bonds is 8. The van der Waals surface area contributed by atoms with Crippen LogP contribution < -0.4 is 10.6 Å².